The molecule has 0 bridgehead atoms. The number of likely N-dealkylation sites (tertiary alicyclic amines) is 1. The SMILES string of the molecule is CCN(CC)C(CNC(=NC)N1CCC(C(=O)OC)CC1)c1ccccc1Cl.I. The first-order chi connectivity index (χ1) is 13.5. The maximum atomic E-state index is 11.8. The molecule has 1 heterocycles. The van der Waals surface area contributed by atoms with Crippen LogP contribution in [0.25, 0.3) is 0 Å². The quantitative estimate of drug-likeness (QED) is 0.249. The summed E-state index contributed by atoms with van der Waals surface area (Å²) >= 11 is 6.50. The molecule has 1 aromatic rings. The van der Waals surface area contributed by atoms with Gasteiger partial charge in [0.2, 0.25) is 0 Å². The first-order valence-corrected chi connectivity index (χ1v) is 10.4. The van der Waals surface area contributed by atoms with Gasteiger partial charge in [-0.1, -0.05) is 43.6 Å². The van der Waals surface area contributed by atoms with Gasteiger partial charge in [0.05, 0.1) is 19.1 Å². The van der Waals surface area contributed by atoms with Crippen molar-refractivity contribution in [2.45, 2.75) is 32.7 Å². The molecule has 0 aromatic heterocycles. The van der Waals surface area contributed by atoms with Crippen LogP contribution in [0.3, 0.4) is 0 Å². The van der Waals surface area contributed by atoms with E-state index in [9.17, 15) is 4.79 Å². The summed E-state index contributed by atoms with van der Waals surface area (Å²) in [4.78, 5) is 20.8. The first-order valence-electron chi connectivity index (χ1n) is 10.1. The molecule has 1 aliphatic rings. The number of rotatable bonds is 7. The van der Waals surface area contributed by atoms with E-state index in [4.69, 9.17) is 16.3 Å². The lowest BCUT2D eigenvalue weighted by atomic mass is 9.97. The zero-order valence-electron chi connectivity index (χ0n) is 17.9. The molecular formula is C21H34ClIN4O2. The van der Waals surface area contributed by atoms with E-state index >= 15 is 0 Å². The van der Waals surface area contributed by atoms with E-state index in [1.807, 2.05) is 18.2 Å². The van der Waals surface area contributed by atoms with Crippen LogP contribution < -0.4 is 5.32 Å². The van der Waals surface area contributed by atoms with Crippen LogP contribution in [0.2, 0.25) is 5.02 Å². The van der Waals surface area contributed by atoms with E-state index in [2.05, 4.69) is 40.0 Å². The Labute approximate surface area is 197 Å². The fourth-order valence-corrected chi connectivity index (χ4v) is 4.12. The third kappa shape index (κ3) is 7.00. The van der Waals surface area contributed by atoms with E-state index in [0.717, 1.165) is 62.1 Å². The van der Waals surface area contributed by atoms with Gasteiger partial charge in [-0.3, -0.25) is 14.7 Å². The summed E-state index contributed by atoms with van der Waals surface area (Å²) in [5, 5.41) is 4.32. The molecule has 0 radical (unpaired) electrons. The first kappa shape index (κ1) is 26.0. The van der Waals surface area contributed by atoms with E-state index in [1.165, 1.54) is 7.11 Å². The minimum Gasteiger partial charge on any atom is -0.469 e. The van der Waals surface area contributed by atoms with Crippen molar-refractivity contribution in [3.63, 3.8) is 0 Å². The summed E-state index contributed by atoms with van der Waals surface area (Å²) in [7, 11) is 3.26. The van der Waals surface area contributed by atoms with E-state index in [1.54, 1.807) is 7.05 Å². The van der Waals surface area contributed by atoms with Gasteiger partial charge in [0.1, 0.15) is 0 Å². The zero-order valence-corrected chi connectivity index (χ0v) is 20.9. The molecule has 0 saturated carbocycles. The number of hydrogen-bond donors (Lipinski definition) is 1. The van der Waals surface area contributed by atoms with Gasteiger partial charge in [-0.2, -0.15) is 0 Å². The molecule has 164 valence electrons. The van der Waals surface area contributed by atoms with Gasteiger partial charge >= 0.3 is 5.97 Å². The fraction of sp³-hybridized carbons (Fsp3) is 0.619. The van der Waals surface area contributed by atoms with Gasteiger partial charge in [0.25, 0.3) is 0 Å². The Morgan fingerprint density at radius 2 is 1.93 bits per heavy atom. The van der Waals surface area contributed by atoms with Gasteiger partial charge in [0.15, 0.2) is 5.96 Å². The highest BCUT2D eigenvalue weighted by molar-refractivity contribution is 14.0. The maximum Gasteiger partial charge on any atom is 0.308 e. The third-order valence-corrected chi connectivity index (χ3v) is 5.86. The van der Waals surface area contributed by atoms with Crippen molar-refractivity contribution < 1.29 is 9.53 Å². The molecule has 0 amide bonds. The van der Waals surface area contributed by atoms with Crippen LogP contribution in [0, 0.1) is 5.92 Å². The third-order valence-electron chi connectivity index (χ3n) is 5.51. The van der Waals surface area contributed by atoms with E-state index in [-0.39, 0.29) is 41.9 Å². The number of likely N-dealkylation sites (N-methyl/N-ethyl adjacent to an activating group) is 1. The number of piperidine rings is 1. The minimum absolute atomic E-state index is 0. The van der Waals surface area contributed by atoms with Crippen LogP contribution in [0.4, 0.5) is 0 Å². The smallest absolute Gasteiger partial charge is 0.308 e. The standard InChI is InChI=1S/C21H33ClN4O2.HI/c1-5-25(6-2)19(17-9-7-8-10-18(17)22)15-24-21(23-3)26-13-11-16(12-14-26)20(27)28-4;/h7-10,16,19H,5-6,11-15H2,1-4H3,(H,23,24);1H. The molecule has 1 atom stereocenters. The average molecular weight is 537 g/mol. The highest BCUT2D eigenvalue weighted by atomic mass is 127. The van der Waals surface area contributed by atoms with Crippen LogP contribution in [-0.2, 0) is 9.53 Å². The highest BCUT2D eigenvalue weighted by Crippen LogP contribution is 2.27. The number of hydrogen-bond acceptors (Lipinski definition) is 4. The predicted octanol–water partition coefficient (Wildman–Crippen LogP) is 3.80. The van der Waals surface area contributed by atoms with Crippen molar-refractivity contribution in [2.24, 2.45) is 10.9 Å². The van der Waals surface area contributed by atoms with Crippen molar-refractivity contribution in [3.05, 3.63) is 34.9 Å². The number of carbonyl (C=O) groups excluding carboxylic acids is 1. The molecule has 6 nitrogen and oxygen atoms in total. The van der Waals surface area contributed by atoms with Crippen molar-refractivity contribution in [3.8, 4) is 0 Å². The van der Waals surface area contributed by atoms with E-state index in [0.29, 0.717) is 0 Å². The van der Waals surface area contributed by atoms with Crippen LogP contribution in [0.1, 0.15) is 38.3 Å². The Hall–Kier alpha value is -1.06. The van der Waals surface area contributed by atoms with Crippen molar-refractivity contribution in [2.75, 3.05) is 46.9 Å². The summed E-state index contributed by atoms with van der Waals surface area (Å²) in [5.41, 5.74) is 1.13. The lowest BCUT2D eigenvalue weighted by Gasteiger charge is -2.35. The largest absolute Gasteiger partial charge is 0.469 e. The Morgan fingerprint density at radius 3 is 2.45 bits per heavy atom. The van der Waals surface area contributed by atoms with Crippen LogP contribution in [-0.4, -0.2) is 68.6 Å². The van der Waals surface area contributed by atoms with E-state index < -0.39 is 0 Å². The molecule has 0 spiro atoms. The number of ether oxygens (including phenoxy) is 1. The van der Waals surface area contributed by atoms with Crippen molar-refractivity contribution in [1.29, 1.82) is 0 Å². The number of aliphatic imine (C=N–C) groups is 1. The molecule has 1 N–H and O–H groups in total. The molecular weight excluding hydrogens is 503 g/mol. The van der Waals surface area contributed by atoms with Crippen LogP contribution in [0.5, 0.6) is 0 Å². The number of nitrogens with one attached hydrogen (secondary N) is 1. The second-order valence-corrected chi connectivity index (χ2v) is 7.38. The molecule has 1 aromatic carbocycles. The second-order valence-electron chi connectivity index (χ2n) is 6.97. The Bertz CT molecular complexity index is 662. The highest BCUT2D eigenvalue weighted by Gasteiger charge is 2.28. The number of benzene rings is 1. The number of guanidine groups is 1. The predicted molar refractivity (Wildman–Crippen MR) is 130 cm³/mol. The number of halogens is 2. The lowest BCUT2D eigenvalue weighted by molar-refractivity contribution is -0.146. The molecule has 29 heavy (non-hydrogen) atoms. The molecule has 1 fully saturated rings. The molecule has 1 unspecified atom stereocenters. The summed E-state index contributed by atoms with van der Waals surface area (Å²) in [6, 6.07) is 8.19. The van der Waals surface area contributed by atoms with Gasteiger partial charge in [-0.15, -0.1) is 24.0 Å². The number of esters is 1. The summed E-state index contributed by atoms with van der Waals surface area (Å²) in [6.07, 6.45) is 1.58. The summed E-state index contributed by atoms with van der Waals surface area (Å²) in [5.74, 6) is 0.751. The van der Waals surface area contributed by atoms with Gasteiger partial charge in [0, 0.05) is 31.7 Å². The number of methoxy groups -OCH3 is 1. The molecule has 1 saturated heterocycles. The molecule has 1 aliphatic heterocycles. The normalized spacial score (nSPS) is 16.3. The van der Waals surface area contributed by atoms with Gasteiger partial charge < -0.3 is 15.0 Å². The number of carbonyl (C=O) groups is 1. The lowest BCUT2D eigenvalue weighted by Crippen LogP contribution is -2.48. The topological polar surface area (TPSA) is 57.2 Å². The fourth-order valence-electron chi connectivity index (χ4n) is 3.86. The Kier molecular flexibility index (Phi) is 11.9. The number of nitrogens with zero attached hydrogens (tertiary/aromatic N) is 3. The zero-order chi connectivity index (χ0) is 20.5. The Balaban J connectivity index is 0.00000420. The van der Waals surface area contributed by atoms with Crippen LogP contribution in [0.15, 0.2) is 29.3 Å². The van der Waals surface area contributed by atoms with Crippen molar-refractivity contribution >= 4 is 47.5 Å². The molecule has 8 heteroatoms. The molecule has 2 rings (SSSR count). The monoisotopic (exact) mass is 536 g/mol. The average Bonchev–Trinajstić information content (AvgIpc) is 2.74. The summed E-state index contributed by atoms with van der Waals surface area (Å²) < 4.78 is 4.88. The summed E-state index contributed by atoms with van der Waals surface area (Å²) in [6.45, 7) is 8.52. The maximum absolute atomic E-state index is 11.8. The second kappa shape index (κ2) is 13.3. The Morgan fingerprint density at radius 1 is 1.31 bits per heavy atom. The minimum atomic E-state index is -0.108. The van der Waals surface area contributed by atoms with Crippen LogP contribution >= 0.6 is 35.6 Å². The van der Waals surface area contributed by atoms with Gasteiger partial charge in [-0.25, -0.2) is 0 Å². The van der Waals surface area contributed by atoms with Gasteiger partial charge in [-0.05, 0) is 37.6 Å². The molecule has 0 aliphatic carbocycles. The van der Waals surface area contributed by atoms with Crippen molar-refractivity contribution in [1.82, 2.24) is 15.1 Å².